The van der Waals surface area contributed by atoms with Crippen LogP contribution in [-0.2, 0) is 0 Å². The summed E-state index contributed by atoms with van der Waals surface area (Å²) in [6.07, 6.45) is 0.307. The Morgan fingerprint density at radius 3 is 2.65 bits per heavy atom. The number of hydrogen-bond acceptors (Lipinski definition) is 4. The summed E-state index contributed by atoms with van der Waals surface area (Å²) in [4.78, 5) is 11.8. The molecule has 1 aromatic carbocycles. The zero-order valence-electron chi connectivity index (χ0n) is 10.5. The minimum absolute atomic E-state index is 0. The summed E-state index contributed by atoms with van der Waals surface area (Å²) in [5, 5.41) is 11.5. The molecule has 5 heteroatoms. The molecule has 0 radical (unpaired) electrons. The second-order valence-corrected chi connectivity index (χ2v) is 4.46. The number of fused-ring (bicyclic) bond motifs is 1. The standard InChI is InChI=1S/C12H14O4.Na/c1-12(2)6-9(14)7-4-11(15-3)8(13)5-10(7)16-12;/h4-5,13H,6H2,1-3H3;/q;+1/p-1. The summed E-state index contributed by atoms with van der Waals surface area (Å²) >= 11 is 0. The Labute approximate surface area is 122 Å². The average molecular weight is 244 g/mol. The van der Waals surface area contributed by atoms with Gasteiger partial charge in [-0.3, -0.25) is 4.79 Å². The van der Waals surface area contributed by atoms with Crippen LogP contribution in [0, 0.1) is 0 Å². The van der Waals surface area contributed by atoms with Crippen molar-refractivity contribution >= 4 is 5.78 Å². The maximum atomic E-state index is 11.8. The van der Waals surface area contributed by atoms with Crippen LogP contribution >= 0.6 is 0 Å². The minimum Gasteiger partial charge on any atom is -0.870 e. The predicted octanol–water partition coefficient (Wildman–Crippen LogP) is -1.48. The molecule has 0 bridgehead atoms. The molecule has 2 rings (SSSR count). The molecule has 86 valence electrons. The van der Waals surface area contributed by atoms with Gasteiger partial charge in [-0.25, -0.2) is 0 Å². The number of ether oxygens (including phenoxy) is 2. The Balaban J connectivity index is 0.00000144. The van der Waals surface area contributed by atoms with E-state index in [-0.39, 0.29) is 46.8 Å². The first-order valence-corrected chi connectivity index (χ1v) is 5.04. The van der Waals surface area contributed by atoms with Crippen molar-refractivity contribution in [2.24, 2.45) is 0 Å². The van der Waals surface area contributed by atoms with Crippen LogP contribution in [0.2, 0.25) is 0 Å². The van der Waals surface area contributed by atoms with Crippen LogP contribution in [-0.4, -0.2) is 18.5 Å². The van der Waals surface area contributed by atoms with E-state index < -0.39 is 5.60 Å². The monoisotopic (exact) mass is 244 g/mol. The van der Waals surface area contributed by atoms with Gasteiger partial charge in [0.2, 0.25) is 0 Å². The smallest absolute Gasteiger partial charge is 0.870 e. The van der Waals surface area contributed by atoms with Gasteiger partial charge in [-0.2, -0.15) is 0 Å². The van der Waals surface area contributed by atoms with Crippen LogP contribution in [0.3, 0.4) is 0 Å². The Morgan fingerprint density at radius 1 is 1.41 bits per heavy atom. The first-order valence-electron chi connectivity index (χ1n) is 5.04. The number of hydrogen-bond donors (Lipinski definition) is 0. The number of benzene rings is 1. The van der Waals surface area contributed by atoms with E-state index in [2.05, 4.69) is 0 Å². The SMILES string of the molecule is COc1cc2c(cc1[O-])OC(C)(C)CC2=O.[Na+]. The topological polar surface area (TPSA) is 58.6 Å². The van der Waals surface area contributed by atoms with E-state index in [0.717, 1.165) is 0 Å². The first kappa shape index (κ1) is 14.4. The minimum atomic E-state index is -0.550. The van der Waals surface area contributed by atoms with Crippen molar-refractivity contribution in [3.05, 3.63) is 17.7 Å². The van der Waals surface area contributed by atoms with Crippen LogP contribution < -0.4 is 44.1 Å². The summed E-state index contributed by atoms with van der Waals surface area (Å²) in [5.41, 5.74) is -0.124. The van der Waals surface area contributed by atoms with E-state index in [9.17, 15) is 9.90 Å². The molecule has 0 amide bonds. The van der Waals surface area contributed by atoms with Crippen molar-refractivity contribution in [1.82, 2.24) is 0 Å². The summed E-state index contributed by atoms with van der Waals surface area (Å²) in [6, 6.07) is 2.77. The summed E-state index contributed by atoms with van der Waals surface area (Å²) < 4.78 is 10.5. The molecule has 0 saturated carbocycles. The van der Waals surface area contributed by atoms with Crippen LogP contribution in [0.5, 0.6) is 17.2 Å². The van der Waals surface area contributed by atoms with Crippen molar-refractivity contribution in [1.29, 1.82) is 0 Å². The molecule has 4 nitrogen and oxygen atoms in total. The molecule has 1 heterocycles. The number of Topliss-reactive ketones (excluding diaryl/α,β-unsaturated/α-hetero) is 1. The number of carbonyl (C=O) groups excluding carboxylic acids is 1. The maximum absolute atomic E-state index is 11.8. The average Bonchev–Trinajstić information content (AvgIpc) is 2.14. The van der Waals surface area contributed by atoms with Gasteiger partial charge in [0.05, 0.1) is 19.1 Å². The van der Waals surface area contributed by atoms with E-state index in [1.165, 1.54) is 19.2 Å². The van der Waals surface area contributed by atoms with Gasteiger partial charge in [-0.15, -0.1) is 0 Å². The van der Waals surface area contributed by atoms with Gasteiger partial charge in [0.1, 0.15) is 17.1 Å². The van der Waals surface area contributed by atoms with Gasteiger partial charge in [0.15, 0.2) is 5.78 Å². The largest absolute Gasteiger partial charge is 1.00 e. The Hall–Kier alpha value is -0.710. The van der Waals surface area contributed by atoms with Gasteiger partial charge in [0, 0.05) is 0 Å². The van der Waals surface area contributed by atoms with Gasteiger partial charge in [-0.05, 0) is 26.0 Å². The van der Waals surface area contributed by atoms with Gasteiger partial charge < -0.3 is 14.6 Å². The normalized spacial score (nSPS) is 16.5. The molecule has 0 fully saturated rings. The number of ketones is 1. The van der Waals surface area contributed by atoms with Crippen LogP contribution in [0.4, 0.5) is 0 Å². The van der Waals surface area contributed by atoms with Gasteiger partial charge in [-0.1, -0.05) is 5.75 Å². The summed E-state index contributed by atoms with van der Waals surface area (Å²) in [5.74, 6) is 0.235. The van der Waals surface area contributed by atoms with Gasteiger partial charge >= 0.3 is 29.6 Å². The Morgan fingerprint density at radius 2 is 2.06 bits per heavy atom. The molecule has 1 aromatic rings. The first-order chi connectivity index (χ1) is 7.43. The molecular weight excluding hydrogens is 231 g/mol. The number of carbonyl (C=O) groups is 1. The molecule has 0 saturated heterocycles. The molecule has 0 N–H and O–H groups in total. The number of rotatable bonds is 1. The van der Waals surface area contributed by atoms with Crippen molar-refractivity contribution < 1.29 is 48.9 Å². The molecule has 0 atom stereocenters. The zero-order valence-corrected chi connectivity index (χ0v) is 12.5. The van der Waals surface area contributed by atoms with Crippen molar-refractivity contribution in [3.8, 4) is 17.2 Å². The molecule has 0 spiro atoms. The predicted molar refractivity (Wildman–Crippen MR) is 56.1 cm³/mol. The molecule has 17 heavy (non-hydrogen) atoms. The fraction of sp³-hybridized carbons (Fsp3) is 0.417. The van der Waals surface area contributed by atoms with E-state index in [1.54, 1.807) is 0 Å². The third kappa shape index (κ3) is 2.76. The fourth-order valence-corrected chi connectivity index (χ4v) is 1.82. The summed E-state index contributed by atoms with van der Waals surface area (Å²) in [7, 11) is 1.40. The molecule has 0 aliphatic carbocycles. The van der Waals surface area contributed by atoms with Crippen molar-refractivity contribution in [2.45, 2.75) is 25.9 Å². The van der Waals surface area contributed by atoms with Crippen molar-refractivity contribution in [3.63, 3.8) is 0 Å². The number of methoxy groups -OCH3 is 1. The maximum Gasteiger partial charge on any atom is 1.00 e. The molecule has 1 aliphatic rings. The second kappa shape index (κ2) is 4.88. The Kier molecular flexibility index (Phi) is 4.12. The van der Waals surface area contributed by atoms with Crippen LogP contribution in [0.25, 0.3) is 0 Å². The van der Waals surface area contributed by atoms with Crippen LogP contribution in [0.15, 0.2) is 12.1 Å². The van der Waals surface area contributed by atoms with E-state index in [0.29, 0.717) is 17.7 Å². The van der Waals surface area contributed by atoms with E-state index >= 15 is 0 Å². The van der Waals surface area contributed by atoms with Gasteiger partial charge in [0.25, 0.3) is 0 Å². The summed E-state index contributed by atoms with van der Waals surface area (Å²) in [6.45, 7) is 3.64. The van der Waals surface area contributed by atoms with Crippen molar-refractivity contribution in [2.75, 3.05) is 7.11 Å². The fourth-order valence-electron chi connectivity index (χ4n) is 1.82. The second-order valence-electron chi connectivity index (χ2n) is 4.46. The quantitative estimate of drug-likeness (QED) is 0.565. The van der Waals surface area contributed by atoms with E-state index in [4.69, 9.17) is 9.47 Å². The zero-order chi connectivity index (χ0) is 11.9. The third-order valence-corrected chi connectivity index (χ3v) is 2.54. The van der Waals surface area contributed by atoms with Crippen LogP contribution in [0.1, 0.15) is 30.6 Å². The van der Waals surface area contributed by atoms with E-state index in [1.807, 2.05) is 13.8 Å². The molecule has 0 unspecified atom stereocenters. The third-order valence-electron chi connectivity index (χ3n) is 2.54. The molecule has 1 aliphatic heterocycles. The Bertz CT molecular complexity index is 454. The molecule has 0 aromatic heterocycles. The molecular formula is C12H13NaO4.